The van der Waals surface area contributed by atoms with Gasteiger partial charge in [0.15, 0.2) is 5.78 Å². The summed E-state index contributed by atoms with van der Waals surface area (Å²) in [7, 11) is 1.73. The average molecular weight is 331 g/mol. The molecule has 0 saturated carbocycles. The molecule has 0 saturated heterocycles. The van der Waals surface area contributed by atoms with Crippen LogP contribution in [0.4, 0.5) is 0 Å². The molecule has 0 N–H and O–H groups in total. The quantitative estimate of drug-likeness (QED) is 0.695. The van der Waals surface area contributed by atoms with E-state index in [0.717, 1.165) is 15.5 Å². The molecule has 2 aromatic rings. The molecule has 0 aliphatic rings. The highest BCUT2D eigenvalue weighted by Gasteiger charge is 2.13. The van der Waals surface area contributed by atoms with E-state index in [9.17, 15) is 9.59 Å². The van der Waals surface area contributed by atoms with E-state index in [1.165, 1.54) is 11.3 Å². The molecule has 0 radical (unpaired) electrons. The van der Waals surface area contributed by atoms with Crippen molar-refractivity contribution >= 4 is 23.0 Å². The van der Waals surface area contributed by atoms with Gasteiger partial charge in [0.05, 0.1) is 11.4 Å². The van der Waals surface area contributed by atoms with Crippen molar-refractivity contribution in [2.75, 3.05) is 20.2 Å². The van der Waals surface area contributed by atoms with Crippen LogP contribution in [0.2, 0.25) is 0 Å². The summed E-state index contributed by atoms with van der Waals surface area (Å²) in [6.07, 6.45) is 0.486. The molecule has 0 unspecified atom stereocenters. The van der Waals surface area contributed by atoms with Gasteiger partial charge >= 0.3 is 0 Å². The lowest BCUT2D eigenvalue weighted by molar-refractivity contribution is -0.130. The maximum absolute atomic E-state index is 12.0. The molecule has 2 rings (SSSR count). The van der Waals surface area contributed by atoms with Gasteiger partial charge in [-0.25, -0.2) is 0 Å². The molecule has 0 fully saturated rings. The molecule has 5 heteroatoms. The van der Waals surface area contributed by atoms with Gasteiger partial charge in [-0.2, -0.15) is 0 Å². The van der Waals surface area contributed by atoms with E-state index >= 15 is 0 Å². The molecule has 0 aliphatic heterocycles. The molecule has 0 atom stereocenters. The number of thiophene rings is 1. The summed E-state index contributed by atoms with van der Waals surface area (Å²) < 4.78 is 5.57. The van der Waals surface area contributed by atoms with Crippen molar-refractivity contribution in [3.63, 3.8) is 0 Å². The lowest BCUT2D eigenvalue weighted by Crippen LogP contribution is -2.31. The van der Waals surface area contributed by atoms with E-state index in [1.54, 1.807) is 11.9 Å². The second-order valence-corrected chi connectivity index (χ2v) is 6.60. The topological polar surface area (TPSA) is 46.6 Å². The smallest absolute Gasteiger partial charge is 0.222 e. The lowest BCUT2D eigenvalue weighted by atomic mass is 10.2. The monoisotopic (exact) mass is 331 g/mol. The van der Waals surface area contributed by atoms with Crippen LogP contribution in [0.1, 0.15) is 27.4 Å². The highest BCUT2D eigenvalue weighted by atomic mass is 32.1. The van der Waals surface area contributed by atoms with Crippen LogP contribution in [-0.2, 0) is 4.79 Å². The highest BCUT2D eigenvalue weighted by molar-refractivity contribution is 7.14. The third kappa shape index (κ3) is 5.53. The largest absolute Gasteiger partial charge is 0.492 e. The zero-order valence-electron chi connectivity index (χ0n) is 13.5. The number of carbonyl (C=O) groups is 2. The van der Waals surface area contributed by atoms with E-state index in [2.05, 4.69) is 0 Å². The Morgan fingerprint density at radius 3 is 2.48 bits per heavy atom. The Labute approximate surface area is 140 Å². The van der Waals surface area contributed by atoms with Crippen molar-refractivity contribution in [3.8, 4) is 5.75 Å². The molecule has 0 bridgehead atoms. The van der Waals surface area contributed by atoms with Gasteiger partial charge in [-0.3, -0.25) is 9.59 Å². The van der Waals surface area contributed by atoms with Gasteiger partial charge in [-0.1, -0.05) is 18.2 Å². The SMILES string of the molecule is Cc1ccc(C(=O)CCC(=O)N(C)CCOc2ccccc2)s1. The first-order valence-electron chi connectivity index (χ1n) is 7.57. The number of hydrogen-bond acceptors (Lipinski definition) is 4. The number of ether oxygens (including phenoxy) is 1. The van der Waals surface area contributed by atoms with Crippen LogP contribution in [0.15, 0.2) is 42.5 Å². The van der Waals surface area contributed by atoms with Gasteiger partial charge in [0.2, 0.25) is 5.91 Å². The van der Waals surface area contributed by atoms with E-state index in [4.69, 9.17) is 4.74 Å². The van der Waals surface area contributed by atoms with Crippen molar-refractivity contribution < 1.29 is 14.3 Å². The second-order valence-electron chi connectivity index (χ2n) is 5.31. The number of aryl methyl sites for hydroxylation is 1. The summed E-state index contributed by atoms with van der Waals surface area (Å²) in [6, 6.07) is 13.2. The van der Waals surface area contributed by atoms with Crippen LogP contribution in [0.3, 0.4) is 0 Å². The summed E-state index contributed by atoms with van der Waals surface area (Å²) in [4.78, 5) is 27.5. The van der Waals surface area contributed by atoms with Crippen molar-refractivity contribution in [1.82, 2.24) is 4.90 Å². The van der Waals surface area contributed by atoms with Crippen LogP contribution in [0.5, 0.6) is 5.75 Å². The predicted molar refractivity (Wildman–Crippen MR) is 92.2 cm³/mol. The number of hydrogen-bond donors (Lipinski definition) is 0. The molecule has 23 heavy (non-hydrogen) atoms. The van der Waals surface area contributed by atoms with Crippen molar-refractivity contribution in [2.45, 2.75) is 19.8 Å². The van der Waals surface area contributed by atoms with Crippen LogP contribution in [-0.4, -0.2) is 36.8 Å². The highest BCUT2D eigenvalue weighted by Crippen LogP contribution is 2.17. The Balaban J connectivity index is 1.69. The molecule has 1 amide bonds. The molecule has 0 spiro atoms. The van der Waals surface area contributed by atoms with E-state index < -0.39 is 0 Å². The Kier molecular flexibility index (Phi) is 6.35. The van der Waals surface area contributed by atoms with E-state index in [0.29, 0.717) is 13.2 Å². The first-order valence-corrected chi connectivity index (χ1v) is 8.39. The Morgan fingerprint density at radius 2 is 1.83 bits per heavy atom. The lowest BCUT2D eigenvalue weighted by Gasteiger charge is -2.17. The van der Waals surface area contributed by atoms with Gasteiger partial charge in [-0.05, 0) is 31.2 Å². The minimum absolute atomic E-state index is 0.0328. The van der Waals surface area contributed by atoms with Gasteiger partial charge in [-0.15, -0.1) is 11.3 Å². The van der Waals surface area contributed by atoms with Gasteiger partial charge in [0.1, 0.15) is 12.4 Å². The predicted octanol–water partition coefficient (Wildman–Crippen LogP) is 3.56. The summed E-state index contributed by atoms with van der Waals surface area (Å²) >= 11 is 1.47. The van der Waals surface area contributed by atoms with Gasteiger partial charge in [0, 0.05) is 24.8 Å². The maximum Gasteiger partial charge on any atom is 0.222 e. The van der Waals surface area contributed by atoms with Gasteiger partial charge in [0.25, 0.3) is 0 Å². The number of ketones is 1. The molecule has 1 heterocycles. The summed E-state index contributed by atoms with van der Waals surface area (Å²) in [5.74, 6) is 0.783. The van der Waals surface area contributed by atoms with Gasteiger partial charge < -0.3 is 9.64 Å². The molecule has 1 aromatic carbocycles. The summed E-state index contributed by atoms with van der Waals surface area (Å²) in [5.41, 5.74) is 0. The number of nitrogens with zero attached hydrogens (tertiary/aromatic N) is 1. The molecule has 4 nitrogen and oxygen atoms in total. The average Bonchev–Trinajstić information content (AvgIpc) is 2.99. The zero-order valence-corrected chi connectivity index (χ0v) is 14.3. The number of amides is 1. The second kappa shape index (κ2) is 8.48. The fourth-order valence-electron chi connectivity index (χ4n) is 2.06. The minimum atomic E-state index is -0.0386. The standard InChI is InChI=1S/C18H21NO3S/c1-14-8-10-17(23-14)16(20)9-11-18(21)19(2)12-13-22-15-6-4-3-5-7-15/h3-8,10H,9,11-13H2,1-2H3. The first-order chi connectivity index (χ1) is 11.1. The Hall–Kier alpha value is -2.14. The summed E-state index contributed by atoms with van der Waals surface area (Å²) in [5, 5.41) is 0. The zero-order chi connectivity index (χ0) is 16.7. The number of benzene rings is 1. The number of likely N-dealkylation sites (N-methyl/N-ethyl adjacent to an activating group) is 1. The fourth-order valence-corrected chi connectivity index (χ4v) is 2.90. The van der Waals surface area contributed by atoms with Crippen molar-refractivity contribution in [1.29, 1.82) is 0 Å². The normalized spacial score (nSPS) is 10.3. The van der Waals surface area contributed by atoms with E-state index in [1.807, 2.05) is 49.4 Å². The van der Waals surface area contributed by atoms with Crippen LogP contribution < -0.4 is 4.74 Å². The third-order valence-electron chi connectivity index (χ3n) is 3.45. The molecule has 1 aromatic heterocycles. The number of para-hydroxylation sites is 1. The fraction of sp³-hybridized carbons (Fsp3) is 0.333. The maximum atomic E-state index is 12.0. The minimum Gasteiger partial charge on any atom is -0.492 e. The van der Waals surface area contributed by atoms with Crippen molar-refractivity contribution in [3.05, 3.63) is 52.2 Å². The first kappa shape index (κ1) is 17.2. The van der Waals surface area contributed by atoms with Crippen LogP contribution >= 0.6 is 11.3 Å². The molecular weight excluding hydrogens is 310 g/mol. The Morgan fingerprint density at radius 1 is 1.09 bits per heavy atom. The third-order valence-corrected chi connectivity index (χ3v) is 4.49. The molecule has 122 valence electrons. The van der Waals surface area contributed by atoms with Crippen molar-refractivity contribution in [2.24, 2.45) is 0 Å². The molecule has 0 aliphatic carbocycles. The van der Waals surface area contributed by atoms with Crippen LogP contribution in [0, 0.1) is 6.92 Å². The Bertz CT molecular complexity index is 651. The summed E-state index contributed by atoms with van der Waals surface area (Å²) in [6.45, 7) is 2.90. The number of carbonyl (C=O) groups excluding carboxylic acids is 2. The van der Waals surface area contributed by atoms with Crippen LogP contribution in [0.25, 0.3) is 0 Å². The number of rotatable bonds is 8. The number of Topliss-reactive ketones (excluding diaryl/α,β-unsaturated/α-hetero) is 1. The van der Waals surface area contributed by atoms with E-state index in [-0.39, 0.29) is 24.5 Å². The molecular formula is C18H21NO3S.